The molecule has 6 heteroatoms. The number of ether oxygens (including phenoxy) is 1. The van der Waals surface area contributed by atoms with E-state index in [0.29, 0.717) is 18.6 Å². The molecule has 1 amide bonds. The zero-order chi connectivity index (χ0) is 13.8. The number of aliphatic carboxylic acids is 1. The van der Waals surface area contributed by atoms with Gasteiger partial charge < -0.3 is 9.84 Å². The van der Waals surface area contributed by atoms with Crippen LogP contribution in [0.1, 0.15) is 24.0 Å². The Balaban J connectivity index is 2.14. The van der Waals surface area contributed by atoms with Gasteiger partial charge in [-0.05, 0) is 36.2 Å². The number of hydrazone groups is 1. The summed E-state index contributed by atoms with van der Waals surface area (Å²) in [6, 6.07) is 5.39. The molecular weight excluding hydrogens is 248 g/mol. The average Bonchev–Trinajstić information content (AvgIpc) is 2.38. The number of nitrogens with one attached hydrogen (secondary N) is 1. The van der Waals surface area contributed by atoms with E-state index in [2.05, 4.69) is 10.5 Å². The molecular formula is C13H14N2O4. The van der Waals surface area contributed by atoms with Crippen LogP contribution in [0.3, 0.4) is 0 Å². The van der Waals surface area contributed by atoms with E-state index < -0.39 is 5.97 Å². The Morgan fingerprint density at radius 2 is 2.26 bits per heavy atom. The molecule has 1 heterocycles. The van der Waals surface area contributed by atoms with Gasteiger partial charge in [0, 0.05) is 12.8 Å². The van der Waals surface area contributed by atoms with Crippen LogP contribution in [0, 0.1) is 6.92 Å². The number of amides is 1. The highest BCUT2D eigenvalue weighted by Crippen LogP contribution is 2.21. The van der Waals surface area contributed by atoms with Gasteiger partial charge in [-0.1, -0.05) is 0 Å². The lowest BCUT2D eigenvalue weighted by Crippen LogP contribution is -2.25. The molecule has 0 aromatic heterocycles. The highest BCUT2D eigenvalue weighted by atomic mass is 16.5. The van der Waals surface area contributed by atoms with Crippen molar-refractivity contribution >= 4 is 17.6 Å². The third-order valence-corrected chi connectivity index (χ3v) is 2.76. The zero-order valence-corrected chi connectivity index (χ0v) is 10.5. The summed E-state index contributed by atoms with van der Waals surface area (Å²) in [5.74, 6) is -0.559. The van der Waals surface area contributed by atoms with Gasteiger partial charge in [-0.25, -0.2) is 10.2 Å². The molecule has 2 N–H and O–H groups in total. The maximum atomic E-state index is 11.0. The second-order valence-electron chi connectivity index (χ2n) is 4.26. The minimum Gasteiger partial charge on any atom is -0.482 e. The molecule has 0 unspecified atom stereocenters. The molecule has 1 aliphatic heterocycles. The Labute approximate surface area is 110 Å². The number of carboxylic acids is 1. The number of carboxylic acid groups (broad SMARTS) is 1. The summed E-state index contributed by atoms with van der Waals surface area (Å²) in [6.45, 7) is 1.47. The fraction of sp³-hybridized carbons (Fsp3) is 0.308. The van der Waals surface area contributed by atoms with Crippen LogP contribution in [0.2, 0.25) is 0 Å². The Bertz CT molecular complexity index is 552. The van der Waals surface area contributed by atoms with Crippen LogP contribution in [0.15, 0.2) is 23.3 Å². The lowest BCUT2D eigenvalue weighted by atomic mass is 10.0. The summed E-state index contributed by atoms with van der Waals surface area (Å²) >= 11 is 0. The van der Waals surface area contributed by atoms with Gasteiger partial charge in [-0.2, -0.15) is 5.10 Å². The molecule has 2 rings (SSSR count). The van der Waals surface area contributed by atoms with E-state index in [0.717, 1.165) is 16.8 Å². The van der Waals surface area contributed by atoms with Gasteiger partial charge in [0.25, 0.3) is 0 Å². The largest absolute Gasteiger partial charge is 0.482 e. The first-order valence-electron chi connectivity index (χ1n) is 5.87. The number of rotatable bonds is 4. The van der Waals surface area contributed by atoms with E-state index >= 15 is 0 Å². The van der Waals surface area contributed by atoms with E-state index in [4.69, 9.17) is 9.84 Å². The molecule has 0 atom stereocenters. The Hall–Kier alpha value is -2.37. The molecule has 0 saturated carbocycles. The predicted octanol–water partition coefficient (Wildman–Crippen LogP) is 1.07. The van der Waals surface area contributed by atoms with Crippen molar-refractivity contribution < 1.29 is 19.4 Å². The second-order valence-corrected chi connectivity index (χ2v) is 4.26. The van der Waals surface area contributed by atoms with Crippen molar-refractivity contribution in [3.05, 3.63) is 29.3 Å². The van der Waals surface area contributed by atoms with E-state index in [9.17, 15) is 9.59 Å². The molecule has 0 spiro atoms. The molecule has 100 valence electrons. The molecule has 0 saturated heterocycles. The Kier molecular flexibility index (Phi) is 3.79. The second kappa shape index (κ2) is 5.51. The molecule has 1 aromatic carbocycles. The van der Waals surface area contributed by atoms with Crippen LogP contribution in [-0.4, -0.2) is 29.3 Å². The first-order valence-corrected chi connectivity index (χ1v) is 5.87. The number of carbonyl (C=O) groups is 2. The van der Waals surface area contributed by atoms with Gasteiger partial charge in [0.1, 0.15) is 5.75 Å². The topological polar surface area (TPSA) is 88.0 Å². The molecule has 19 heavy (non-hydrogen) atoms. The van der Waals surface area contributed by atoms with E-state index in [-0.39, 0.29) is 12.5 Å². The minimum atomic E-state index is -1.01. The molecule has 1 aliphatic rings. The van der Waals surface area contributed by atoms with Crippen molar-refractivity contribution in [3.63, 3.8) is 0 Å². The molecule has 0 radical (unpaired) electrons. The summed E-state index contributed by atoms with van der Waals surface area (Å²) in [5.41, 5.74) is 4.99. The first-order chi connectivity index (χ1) is 9.06. The van der Waals surface area contributed by atoms with Gasteiger partial charge in [-0.15, -0.1) is 0 Å². The summed E-state index contributed by atoms with van der Waals surface area (Å²) in [4.78, 5) is 21.5. The van der Waals surface area contributed by atoms with Gasteiger partial charge in [-0.3, -0.25) is 4.79 Å². The molecule has 0 aliphatic carbocycles. The van der Waals surface area contributed by atoms with Crippen molar-refractivity contribution in [2.24, 2.45) is 5.10 Å². The molecule has 0 bridgehead atoms. The summed E-state index contributed by atoms with van der Waals surface area (Å²) in [7, 11) is 0. The van der Waals surface area contributed by atoms with Crippen molar-refractivity contribution in [2.75, 3.05) is 6.61 Å². The number of hydrogen-bond donors (Lipinski definition) is 2. The fourth-order valence-electron chi connectivity index (χ4n) is 1.81. The molecule has 1 aromatic rings. The maximum absolute atomic E-state index is 11.0. The first kappa shape index (κ1) is 13.1. The number of aryl methyl sites for hydroxylation is 1. The van der Waals surface area contributed by atoms with Crippen LogP contribution >= 0.6 is 0 Å². The summed E-state index contributed by atoms with van der Waals surface area (Å²) in [5, 5.41) is 12.6. The van der Waals surface area contributed by atoms with Gasteiger partial charge in [0.2, 0.25) is 5.91 Å². The minimum absolute atomic E-state index is 0.0816. The van der Waals surface area contributed by atoms with Gasteiger partial charge in [0.05, 0.1) is 5.71 Å². The van der Waals surface area contributed by atoms with E-state index in [1.807, 2.05) is 13.0 Å². The third-order valence-electron chi connectivity index (χ3n) is 2.76. The fourth-order valence-corrected chi connectivity index (χ4v) is 1.81. The lowest BCUT2D eigenvalue weighted by molar-refractivity contribution is -0.139. The van der Waals surface area contributed by atoms with Crippen LogP contribution in [0.5, 0.6) is 5.75 Å². The highest BCUT2D eigenvalue weighted by molar-refractivity contribution is 6.04. The van der Waals surface area contributed by atoms with Crippen LogP contribution in [0.4, 0.5) is 0 Å². The average molecular weight is 262 g/mol. The highest BCUT2D eigenvalue weighted by Gasteiger charge is 2.14. The van der Waals surface area contributed by atoms with E-state index in [1.54, 1.807) is 12.1 Å². The van der Waals surface area contributed by atoms with Crippen molar-refractivity contribution in [1.82, 2.24) is 5.43 Å². The number of benzene rings is 1. The quantitative estimate of drug-likeness (QED) is 0.849. The molecule has 6 nitrogen and oxygen atoms in total. The third kappa shape index (κ3) is 3.31. The smallest absolute Gasteiger partial charge is 0.341 e. The Morgan fingerprint density at radius 3 is 2.84 bits per heavy atom. The SMILES string of the molecule is Cc1cc(C2=NNC(=O)CC2)ccc1OCC(=O)O. The normalized spacial score (nSPS) is 14.6. The summed E-state index contributed by atoms with van der Waals surface area (Å²) in [6.07, 6.45) is 1.02. The van der Waals surface area contributed by atoms with Crippen LogP contribution in [-0.2, 0) is 9.59 Å². The van der Waals surface area contributed by atoms with Gasteiger partial charge in [0.15, 0.2) is 6.61 Å². The molecule has 0 fully saturated rings. The zero-order valence-electron chi connectivity index (χ0n) is 10.5. The monoisotopic (exact) mass is 262 g/mol. The van der Waals surface area contributed by atoms with Gasteiger partial charge >= 0.3 is 5.97 Å². The number of carbonyl (C=O) groups excluding carboxylic acids is 1. The lowest BCUT2D eigenvalue weighted by Gasteiger charge is -2.14. The summed E-state index contributed by atoms with van der Waals surface area (Å²) < 4.78 is 5.15. The van der Waals surface area contributed by atoms with Crippen LogP contribution in [0.25, 0.3) is 0 Å². The number of hydrogen-bond acceptors (Lipinski definition) is 4. The van der Waals surface area contributed by atoms with Crippen molar-refractivity contribution in [3.8, 4) is 5.75 Å². The maximum Gasteiger partial charge on any atom is 0.341 e. The standard InChI is InChI=1S/C13H14N2O4/c1-8-6-9(10-3-5-12(16)15-14-10)2-4-11(8)19-7-13(17)18/h2,4,6H,3,5,7H2,1H3,(H,15,16)(H,17,18). The van der Waals surface area contributed by atoms with E-state index in [1.165, 1.54) is 0 Å². The van der Waals surface area contributed by atoms with Crippen LogP contribution < -0.4 is 10.2 Å². The van der Waals surface area contributed by atoms with Crippen molar-refractivity contribution in [2.45, 2.75) is 19.8 Å². The Morgan fingerprint density at radius 1 is 1.47 bits per heavy atom. The number of nitrogens with zero attached hydrogens (tertiary/aromatic N) is 1. The van der Waals surface area contributed by atoms with Crippen molar-refractivity contribution in [1.29, 1.82) is 0 Å². The predicted molar refractivity (Wildman–Crippen MR) is 68.2 cm³/mol.